The summed E-state index contributed by atoms with van der Waals surface area (Å²) < 4.78 is 0. The molecule has 1 rings (SSSR count). The maximum atomic E-state index is 3.64. The molecule has 0 fully saturated rings. The molecule has 0 aliphatic rings. The zero-order valence-corrected chi connectivity index (χ0v) is 14.1. The first kappa shape index (κ1) is 17.2. The minimum absolute atomic E-state index is 0.417. The smallest absolute Gasteiger partial charge is 0.0451 e. The van der Waals surface area contributed by atoms with Crippen molar-refractivity contribution in [2.24, 2.45) is 5.92 Å². The number of nitrogens with one attached hydrogen (secondary N) is 1. The maximum Gasteiger partial charge on any atom is 0.0451 e. The van der Waals surface area contributed by atoms with E-state index >= 15 is 0 Å². The second-order valence-corrected chi connectivity index (χ2v) is 6.38. The molecule has 0 heterocycles. The van der Waals surface area contributed by atoms with Crippen LogP contribution in [0.25, 0.3) is 0 Å². The monoisotopic (exact) mass is 276 g/mol. The summed E-state index contributed by atoms with van der Waals surface area (Å²) in [4.78, 5) is 2.49. The van der Waals surface area contributed by atoms with E-state index in [1.54, 1.807) is 0 Å². The number of rotatable bonds is 8. The lowest BCUT2D eigenvalue weighted by atomic mass is 9.99. The van der Waals surface area contributed by atoms with Crippen LogP contribution in [0.15, 0.2) is 24.3 Å². The van der Waals surface area contributed by atoms with Gasteiger partial charge in [0.25, 0.3) is 0 Å². The fourth-order valence-corrected chi connectivity index (χ4v) is 2.83. The second-order valence-electron chi connectivity index (χ2n) is 6.38. The van der Waals surface area contributed by atoms with Gasteiger partial charge in [0.2, 0.25) is 0 Å². The Hall–Kier alpha value is -0.860. The zero-order valence-electron chi connectivity index (χ0n) is 14.1. The van der Waals surface area contributed by atoms with Crippen LogP contribution in [0.2, 0.25) is 0 Å². The van der Waals surface area contributed by atoms with E-state index in [0.717, 1.165) is 19.0 Å². The number of benzene rings is 1. The van der Waals surface area contributed by atoms with E-state index in [0.29, 0.717) is 12.1 Å². The van der Waals surface area contributed by atoms with Crippen molar-refractivity contribution in [3.8, 4) is 0 Å². The third-order valence-corrected chi connectivity index (χ3v) is 4.05. The van der Waals surface area contributed by atoms with E-state index in [-0.39, 0.29) is 0 Å². The fourth-order valence-electron chi connectivity index (χ4n) is 2.83. The SMILES string of the molecule is CCNC(CN(C)C(C)CC(C)C)c1ccccc1C. The van der Waals surface area contributed by atoms with Gasteiger partial charge in [0.05, 0.1) is 0 Å². The van der Waals surface area contributed by atoms with Gasteiger partial charge in [-0.1, -0.05) is 45.0 Å². The van der Waals surface area contributed by atoms with E-state index in [1.807, 2.05) is 0 Å². The van der Waals surface area contributed by atoms with Gasteiger partial charge >= 0.3 is 0 Å². The van der Waals surface area contributed by atoms with Gasteiger partial charge in [0, 0.05) is 18.6 Å². The molecule has 1 aromatic rings. The molecule has 0 aliphatic carbocycles. The first-order chi connectivity index (χ1) is 9.45. The Morgan fingerprint density at radius 2 is 1.80 bits per heavy atom. The van der Waals surface area contributed by atoms with Gasteiger partial charge in [-0.15, -0.1) is 0 Å². The summed E-state index contributed by atoms with van der Waals surface area (Å²) in [6.45, 7) is 13.4. The second kappa shape index (κ2) is 8.43. The molecule has 114 valence electrons. The van der Waals surface area contributed by atoms with Crippen molar-refractivity contribution in [1.29, 1.82) is 0 Å². The van der Waals surface area contributed by atoms with Gasteiger partial charge in [-0.3, -0.25) is 0 Å². The summed E-state index contributed by atoms with van der Waals surface area (Å²) in [5.74, 6) is 0.753. The lowest BCUT2D eigenvalue weighted by Gasteiger charge is -2.31. The first-order valence-electron chi connectivity index (χ1n) is 7.94. The third kappa shape index (κ3) is 5.26. The quantitative estimate of drug-likeness (QED) is 0.771. The van der Waals surface area contributed by atoms with Crippen molar-refractivity contribution in [3.63, 3.8) is 0 Å². The minimum Gasteiger partial charge on any atom is -0.309 e. The molecular weight excluding hydrogens is 244 g/mol. The summed E-state index contributed by atoms with van der Waals surface area (Å²) >= 11 is 0. The van der Waals surface area contributed by atoms with Crippen molar-refractivity contribution in [3.05, 3.63) is 35.4 Å². The van der Waals surface area contributed by atoms with Crippen LogP contribution >= 0.6 is 0 Å². The third-order valence-electron chi connectivity index (χ3n) is 4.05. The van der Waals surface area contributed by atoms with Gasteiger partial charge in [-0.2, -0.15) is 0 Å². The van der Waals surface area contributed by atoms with Gasteiger partial charge in [0.1, 0.15) is 0 Å². The van der Waals surface area contributed by atoms with E-state index in [2.05, 4.69) is 76.1 Å². The number of hydrogen-bond acceptors (Lipinski definition) is 2. The van der Waals surface area contributed by atoms with Crippen LogP contribution in [0.1, 0.15) is 51.3 Å². The molecule has 2 unspecified atom stereocenters. The van der Waals surface area contributed by atoms with Crippen LogP contribution in [0.4, 0.5) is 0 Å². The lowest BCUT2D eigenvalue weighted by Crippen LogP contribution is -2.38. The number of hydrogen-bond donors (Lipinski definition) is 1. The van der Waals surface area contributed by atoms with E-state index in [9.17, 15) is 0 Å². The highest BCUT2D eigenvalue weighted by Crippen LogP contribution is 2.20. The normalized spacial score (nSPS) is 14.8. The Morgan fingerprint density at radius 3 is 2.35 bits per heavy atom. The molecule has 1 N–H and O–H groups in total. The molecule has 2 atom stereocenters. The van der Waals surface area contributed by atoms with Crippen LogP contribution in [0.5, 0.6) is 0 Å². The molecule has 0 spiro atoms. The van der Waals surface area contributed by atoms with Crippen LogP contribution < -0.4 is 5.32 Å². The predicted molar refractivity (Wildman–Crippen MR) is 89.1 cm³/mol. The molecule has 20 heavy (non-hydrogen) atoms. The average Bonchev–Trinajstić information content (AvgIpc) is 2.38. The summed E-state index contributed by atoms with van der Waals surface area (Å²) in [6, 6.07) is 9.76. The Balaban J connectivity index is 2.75. The Morgan fingerprint density at radius 1 is 1.15 bits per heavy atom. The zero-order chi connectivity index (χ0) is 15.1. The van der Waals surface area contributed by atoms with Crippen molar-refractivity contribution in [2.75, 3.05) is 20.1 Å². The van der Waals surface area contributed by atoms with Crippen molar-refractivity contribution >= 4 is 0 Å². The topological polar surface area (TPSA) is 15.3 Å². The Kier molecular flexibility index (Phi) is 7.25. The molecule has 2 nitrogen and oxygen atoms in total. The molecule has 0 amide bonds. The summed E-state index contributed by atoms with van der Waals surface area (Å²) in [6.07, 6.45) is 1.25. The van der Waals surface area contributed by atoms with Crippen LogP contribution in [-0.2, 0) is 0 Å². The van der Waals surface area contributed by atoms with Gasteiger partial charge in [0.15, 0.2) is 0 Å². The molecule has 0 aliphatic heterocycles. The van der Waals surface area contributed by atoms with Crippen molar-refractivity contribution in [2.45, 2.75) is 53.1 Å². The molecule has 0 bridgehead atoms. The minimum atomic E-state index is 0.417. The number of likely N-dealkylation sites (N-methyl/N-ethyl adjacent to an activating group) is 2. The van der Waals surface area contributed by atoms with Crippen LogP contribution in [-0.4, -0.2) is 31.1 Å². The molecular formula is C18H32N2. The van der Waals surface area contributed by atoms with E-state index in [1.165, 1.54) is 17.5 Å². The fraction of sp³-hybridized carbons (Fsp3) is 0.667. The highest BCUT2D eigenvalue weighted by Gasteiger charge is 2.18. The highest BCUT2D eigenvalue weighted by molar-refractivity contribution is 5.29. The van der Waals surface area contributed by atoms with Gasteiger partial charge in [-0.25, -0.2) is 0 Å². The molecule has 2 heteroatoms. The summed E-state index contributed by atoms with van der Waals surface area (Å²) in [5, 5.41) is 3.64. The summed E-state index contributed by atoms with van der Waals surface area (Å²) in [7, 11) is 2.25. The van der Waals surface area contributed by atoms with Gasteiger partial charge in [-0.05, 0) is 50.9 Å². The average molecular weight is 276 g/mol. The van der Waals surface area contributed by atoms with Crippen LogP contribution in [0, 0.1) is 12.8 Å². The number of aryl methyl sites for hydroxylation is 1. The standard InChI is InChI=1S/C18H32N2/c1-7-19-18(17-11-9-8-10-15(17)4)13-20(6)16(5)12-14(2)3/h8-11,14,16,18-19H,7,12-13H2,1-6H3. The molecule has 0 saturated carbocycles. The first-order valence-corrected chi connectivity index (χ1v) is 7.94. The van der Waals surface area contributed by atoms with Gasteiger partial charge < -0.3 is 10.2 Å². The Bertz CT molecular complexity index is 387. The lowest BCUT2D eigenvalue weighted by molar-refractivity contribution is 0.206. The molecule has 0 radical (unpaired) electrons. The largest absolute Gasteiger partial charge is 0.309 e. The molecule has 1 aromatic carbocycles. The molecule has 0 saturated heterocycles. The number of nitrogens with zero attached hydrogens (tertiary/aromatic N) is 1. The molecule has 0 aromatic heterocycles. The predicted octanol–water partition coefficient (Wildman–Crippen LogP) is 4.01. The van der Waals surface area contributed by atoms with E-state index in [4.69, 9.17) is 0 Å². The Labute approximate surface area is 125 Å². The maximum absolute atomic E-state index is 3.64. The summed E-state index contributed by atoms with van der Waals surface area (Å²) in [5.41, 5.74) is 2.81. The van der Waals surface area contributed by atoms with Crippen LogP contribution in [0.3, 0.4) is 0 Å². The van der Waals surface area contributed by atoms with Crippen molar-refractivity contribution in [1.82, 2.24) is 10.2 Å². The van der Waals surface area contributed by atoms with Crippen molar-refractivity contribution < 1.29 is 0 Å². The van der Waals surface area contributed by atoms with E-state index < -0.39 is 0 Å². The highest BCUT2D eigenvalue weighted by atomic mass is 15.1.